The lowest BCUT2D eigenvalue weighted by Crippen LogP contribution is -2.03. The summed E-state index contributed by atoms with van der Waals surface area (Å²) in [6.45, 7) is 2.73. The highest BCUT2D eigenvalue weighted by Gasteiger charge is 2.09. The van der Waals surface area contributed by atoms with Gasteiger partial charge in [-0.1, -0.05) is 19.1 Å². The first-order valence-corrected chi connectivity index (χ1v) is 6.81. The number of thiazole rings is 1. The third-order valence-corrected chi connectivity index (χ3v) is 3.23. The quantitative estimate of drug-likeness (QED) is 0.748. The number of benzene rings is 1. The second kappa shape index (κ2) is 6.31. The molecule has 3 nitrogen and oxygen atoms in total. The number of rotatable bonds is 6. The van der Waals surface area contributed by atoms with Crippen LogP contribution in [0.2, 0.25) is 0 Å². The molecule has 2 rings (SSSR count). The Balaban J connectivity index is 2.05. The molecule has 1 heterocycles. The fourth-order valence-corrected chi connectivity index (χ4v) is 2.16. The molecule has 1 aromatic heterocycles. The smallest absolute Gasteiger partial charge is 0.168 e. The summed E-state index contributed by atoms with van der Waals surface area (Å²) in [5, 5.41) is 0. The minimum atomic E-state index is 0.0983. The van der Waals surface area contributed by atoms with E-state index in [1.807, 2.05) is 18.2 Å². The van der Waals surface area contributed by atoms with E-state index in [4.69, 9.17) is 4.74 Å². The molecule has 0 unspecified atom stereocenters. The van der Waals surface area contributed by atoms with E-state index in [2.05, 4.69) is 11.9 Å². The predicted molar refractivity (Wildman–Crippen MR) is 72.4 cm³/mol. The highest BCUT2D eigenvalue weighted by molar-refractivity contribution is 7.09. The molecule has 1 aromatic carbocycles. The molecule has 0 spiro atoms. The van der Waals surface area contributed by atoms with E-state index < -0.39 is 0 Å². The van der Waals surface area contributed by atoms with Crippen LogP contribution in [-0.4, -0.2) is 17.4 Å². The van der Waals surface area contributed by atoms with E-state index in [0.29, 0.717) is 18.6 Å². The Kier molecular flexibility index (Phi) is 4.47. The molecular formula is C14H15NO2S. The van der Waals surface area contributed by atoms with Gasteiger partial charge in [0, 0.05) is 23.1 Å². The molecule has 0 saturated heterocycles. The SMILES string of the molecule is CCCOc1cccc(C(=O)Cc2cncs2)c1. The van der Waals surface area contributed by atoms with Gasteiger partial charge in [0.25, 0.3) is 0 Å². The number of Topliss-reactive ketones (excluding diaryl/α,β-unsaturated/α-hetero) is 1. The maximum atomic E-state index is 12.1. The van der Waals surface area contributed by atoms with Crippen LogP contribution in [-0.2, 0) is 6.42 Å². The molecular weight excluding hydrogens is 246 g/mol. The number of ether oxygens (including phenoxy) is 1. The Morgan fingerprint density at radius 1 is 1.44 bits per heavy atom. The van der Waals surface area contributed by atoms with Gasteiger partial charge in [-0.25, -0.2) is 0 Å². The van der Waals surface area contributed by atoms with Crippen LogP contribution in [0.1, 0.15) is 28.6 Å². The Hall–Kier alpha value is -1.68. The molecule has 2 aromatic rings. The van der Waals surface area contributed by atoms with Crippen LogP contribution in [0.25, 0.3) is 0 Å². The monoisotopic (exact) mass is 261 g/mol. The second-order valence-corrected chi connectivity index (χ2v) is 4.91. The lowest BCUT2D eigenvalue weighted by molar-refractivity contribution is 0.0993. The first-order chi connectivity index (χ1) is 8.79. The largest absolute Gasteiger partial charge is 0.494 e. The van der Waals surface area contributed by atoms with E-state index in [9.17, 15) is 4.79 Å². The average Bonchev–Trinajstić information content (AvgIpc) is 2.89. The fraction of sp³-hybridized carbons (Fsp3) is 0.286. The van der Waals surface area contributed by atoms with Crippen molar-refractivity contribution in [3.8, 4) is 5.75 Å². The highest BCUT2D eigenvalue weighted by atomic mass is 32.1. The van der Waals surface area contributed by atoms with E-state index >= 15 is 0 Å². The van der Waals surface area contributed by atoms with Crippen molar-refractivity contribution in [1.82, 2.24) is 4.98 Å². The van der Waals surface area contributed by atoms with Crippen molar-refractivity contribution in [1.29, 1.82) is 0 Å². The molecule has 0 N–H and O–H groups in total. The van der Waals surface area contributed by atoms with E-state index in [0.717, 1.165) is 17.0 Å². The van der Waals surface area contributed by atoms with Crippen molar-refractivity contribution in [3.63, 3.8) is 0 Å². The van der Waals surface area contributed by atoms with Gasteiger partial charge in [-0.2, -0.15) is 0 Å². The van der Waals surface area contributed by atoms with Crippen LogP contribution in [0, 0.1) is 0 Å². The molecule has 0 fully saturated rings. The van der Waals surface area contributed by atoms with Crippen LogP contribution < -0.4 is 4.74 Å². The molecule has 0 aliphatic carbocycles. The minimum Gasteiger partial charge on any atom is -0.494 e. The normalized spacial score (nSPS) is 10.3. The molecule has 0 atom stereocenters. The number of carbonyl (C=O) groups excluding carboxylic acids is 1. The predicted octanol–water partition coefficient (Wildman–Crippen LogP) is 3.36. The molecule has 0 aliphatic rings. The molecule has 94 valence electrons. The first-order valence-electron chi connectivity index (χ1n) is 5.93. The molecule has 0 aliphatic heterocycles. The number of hydrogen-bond donors (Lipinski definition) is 0. The summed E-state index contributed by atoms with van der Waals surface area (Å²) in [4.78, 5) is 17.0. The van der Waals surface area contributed by atoms with E-state index in [1.54, 1.807) is 17.8 Å². The van der Waals surface area contributed by atoms with Gasteiger partial charge in [-0.15, -0.1) is 11.3 Å². The standard InChI is InChI=1S/C14H15NO2S/c1-2-6-17-12-5-3-4-11(7-12)14(16)8-13-9-15-10-18-13/h3-5,7,9-10H,2,6,8H2,1H3. The van der Waals surface area contributed by atoms with Crippen LogP contribution in [0.4, 0.5) is 0 Å². The molecule has 0 amide bonds. The van der Waals surface area contributed by atoms with Crippen molar-refractivity contribution in [2.75, 3.05) is 6.61 Å². The van der Waals surface area contributed by atoms with Crippen molar-refractivity contribution in [2.45, 2.75) is 19.8 Å². The minimum absolute atomic E-state index is 0.0983. The fourth-order valence-electron chi connectivity index (χ4n) is 1.57. The Morgan fingerprint density at radius 3 is 3.06 bits per heavy atom. The molecule has 0 saturated carbocycles. The lowest BCUT2D eigenvalue weighted by Gasteiger charge is -2.06. The Morgan fingerprint density at radius 2 is 2.33 bits per heavy atom. The summed E-state index contributed by atoms with van der Waals surface area (Å²) < 4.78 is 5.52. The van der Waals surface area contributed by atoms with Crippen molar-refractivity contribution >= 4 is 17.1 Å². The summed E-state index contributed by atoms with van der Waals surface area (Å²) >= 11 is 1.50. The molecule has 18 heavy (non-hydrogen) atoms. The van der Waals surface area contributed by atoms with Gasteiger partial charge >= 0.3 is 0 Å². The highest BCUT2D eigenvalue weighted by Crippen LogP contribution is 2.16. The second-order valence-electron chi connectivity index (χ2n) is 3.94. The summed E-state index contributed by atoms with van der Waals surface area (Å²) in [6.07, 6.45) is 3.10. The third kappa shape index (κ3) is 3.40. The van der Waals surface area contributed by atoms with Crippen molar-refractivity contribution in [2.24, 2.45) is 0 Å². The van der Waals surface area contributed by atoms with Gasteiger partial charge in [0.1, 0.15) is 5.75 Å². The van der Waals surface area contributed by atoms with Gasteiger partial charge in [-0.3, -0.25) is 9.78 Å². The Labute approximate surface area is 110 Å². The zero-order chi connectivity index (χ0) is 12.8. The zero-order valence-corrected chi connectivity index (χ0v) is 11.1. The van der Waals surface area contributed by atoms with Gasteiger partial charge in [0.15, 0.2) is 5.78 Å². The maximum Gasteiger partial charge on any atom is 0.168 e. The summed E-state index contributed by atoms with van der Waals surface area (Å²) in [5.41, 5.74) is 2.43. The van der Waals surface area contributed by atoms with Gasteiger partial charge in [0.05, 0.1) is 12.1 Å². The number of nitrogens with zero attached hydrogens (tertiary/aromatic N) is 1. The van der Waals surface area contributed by atoms with Crippen LogP contribution in [0.15, 0.2) is 36.0 Å². The van der Waals surface area contributed by atoms with Gasteiger partial charge < -0.3 is 4.74 Å². The van der Waals surface area contributed by atoms with Gasteiger partial charge in [-0.05, 0) is 18.6 Å². The van der Waals surface area contributed by atoms with Crippen LogP contribution in [0.3, 0.4) is 0 Å². The average molecular weight is 261 g/mol. The number of ketones is 1. The lowest BCUT2D eigenvalue weighted by atomic mass is 10.1. The van der Waals surface area contributed by atoms with Gasteiger partial charge in [0.2, 0.25) is 0 Å². The summed E-state index contributed by atoms with van der Waals surface area (Å²) in [5.74, 6) is 0.855. The third-order valence-electron chi connectivity index (χ3n) is 2.45. The number of carbonyl (C=O) groups is 1. The van der Waals surface area contributed by atoms with Crippen molar-refractivity contribution < 1.29 is 9.53 Å². The number of aromatic nitrogens is 1. The van der Waals surface area contributed by atoms with Crippen molar-refractivity contribution in [3.05, 3.63) is 46.4 Å². The van der Waals surface area contributed by atoms with E-state index in [-0.39, 0.29) is 5.78 Å². The zero-order valence-electron chi connectivity index (χ0n) is 10.3. The topological polar surface area (TPSA) is 39.2 Å². The number of hydrogen-bond acceptors (Lipinski definition) is 4. The maximum absolute atomic E-state index is 12.1. The first kappa shape index (κ1) is 12.8. The van der Waals surface area contributed by atoms with E-state index in [1.165, 1.54) is 11.3 Å². The molecule has 0 bridgehead atoms. The molecule has 0 radical (unpaired) electrons. The summed E-state index contributed by atoms with van der Waals surface area (Å²) in [6, 6.07) is 7.35. The van der Waals surface area contributed by atoms with Crippen LogP contribution >= 0.6 is 11.3 Å². The Bertz CT molecular complexity index is 508. The van der Waals surface area contributed by atoms with Crippen LogP contribution in [0.5, 0.6) is 5.75 Å². The molecule has 4 heteroatoms. The summed E-state index contributed by atoms with van der Waals surface area (Å²) in [7, 11) is 0.